The van der Waals surface area contributed by atoms with Gasteiger partial charge in [-0.2, -0.15) is 0 Å². The number of amides is 1. The molecular weight excluding hydrogens is 186 g/mol. The molecule has 0 atom stereocenters. The number of hydrogen-bond donors (Lipinski definition) is 1. The zero-order chi connectivity index (χ0) is 10.8. The quantitative estimate of drug-likeness (QED) is 0.786. The molecule has 1 amide bonds. The van der Waals surface area contributed by atoms with Crippen LogP contribution in [0.4, 0.5) is 5.69 Å². The second-order valence-electron chi connectivity index (χ2n) is 4.38. The highest BCUT2D eigenvalue weighted by molar-refractivity contribution is 5.94. The van der Waals surface area contributed by atoms with Crippen LogP contribution in [0.2, 0.25) is 0 Å². The van der Waals surface area contributed by atoms with Crippen LogP contribution in [-0.4, -0.2) is 5.91 Å². The van der Waals surface area contributed by atoms with E-state index < -0.39 is 0 Å². The van der Waals surface area contributed by atoms with Crippen LogP contribution in [0.25, 0.3) is 0 Å². The molecule has 80 valence electrons. The largest absolute Gasteiger partial charge is 0.325 e. The summed E-state index contributed by atoms with van der Waals surface area (Å²) in [5, 5.41) is 3.04. The second-order valence-corrected chi connectivity index (χ2v) is 4.38. The van der Waals surface area contributed by atoms with Crippen LogP contribution in [0.15, 0.2) is 18.2 Å². The highest BCUT2D eigenvalue weighted by Crippen LogP contribution is 2.28. The third kappa shape index (κ3) is 2.04. The van der Waals surface area contributed by atoms with Gasteiger partial charge in [0.1, 0.15) is 0 Å². The first-order valence-electron chi connectivity index (χ1n) is 5.55. The molecule has 0 heterocycles. The zero-order valence-electron chi connectivity index (χ0n) is 9.34. The lowest BCUT2D eigenvalue weighted by molar-refractivity contribution is -0.122. The average Bonchev–Trinajstić information content (AvgIpc) is 2.08. The summed E-state index contributed by atoms with van der Waals surface area (Å²) in [4.78, 5) is 11.8. The van der Waals surface area contributed by atoms with Gasteiger partial charge < -0.3 is 5.32 Å². The van der Waals surface area contributed by atoms with Gasteiger partial charge in [0.15, 0.2) is 0 Å². The Morgan fingerprint density at radius 2 is 1.87 bits per heavy atom. The van der Waals surface area contributed by atoms with Crippen LogP contribution in [0.5, 0.6) is 0 Å². The van der Waals surface area contributed by atoms with Crippen molar-refractivity contribution < 1.29 is 4.79 Å². The zero-order valence-corrected chi connectivity index (χ0v) is 9.34. The van der Waals surface area contributed by atoms with E-state index in [1.807, 2.05) is 32.0 Å². The van der Waals surface area contributed by atoms with Gasteiger partial charge >= 0.3 is 0 Å². The number of para-hydroxylation sites is 1. The van der Waals surface area contributed by atoms with Crippen molar-refractivity contribution in [3.8, 4) is 0 Å². The van der Waals surface area contributed by atoms with Crippen molar-refractivity contribution in [1.82, 2.24) is 0 Å². The first kappa shape index (κ1) is 10.2. The maximum absolute atomic E-state index is 11.8. The van der Waals surface area contributed by atoms with E-state index in [0.717, 1.165) is 29.7 Å². The van der Waals surface area contributed by atoms with Gasteiger partial charge in [0.25, 0.3) is 0 Å². The average molecular weight is 203 g/mol. The molecule has 15 heavy (non-hydrogen) atoms. The van der Waals surface area contributed by atoms with Gasteiger partial charge in [-0.15, -0.1) is 0 Å². The molecule has 2 nitrogen and oxygen atoms in total. The molecule has 0 saturated heterocycles. The topological polar surface area (TPSA) is 29.1 Å². The van der Waals surface area contributed by atoms with Gasteiger partial charge in [0.2, 0.25) is 5.91 Å². The van der Waals surface area contributed by atoms with Crippen molar-refractivity contribution in [2.45, 2.75) is 33.1 Å². The lowest BCUT2D eigenvalue weighted by atomic mass is 9.84. The number of carbonyl (C=O) groups is 1. The first-order valence-corrected chi connectivity index (χ1v) is 5.55. The summed E-state index contributed by atoms with van der Waals surface area (Å²) in [5.74, 6) is 0.447. The molecule has 1 aromatic rings. The Morgan fingerprint density at radius 1 is 1.27 bits per heavy atom. The van der Waals surface area contributed by atoms with E-state index in [2.05, 4.69) is 5.32 Å². The second kappa shape index (κ2) is 4.05. The van der Waals surface area contributed by atoms with Crippen LogP contribution < -0.4 is 5.32 Å². The number of hydrogen-bond acceptors (Lipinski definition) is 1. The Bertz CT molecular complexity index is 360. The van der Waals surface area contributed by atoms with Gasteiger partial charge in [0.05, 0.1) is 0 Å². The van der Waals surface area contributed by atoms with Crippen molar-refractivity contribution in [3.05, 3.63) is 29.3 Å². The molecule has 1 aliphatic rings. The van der Waals surface area contributed by atoms with E-state index >= 15 is 0 Å². The number of anilines is 1. The minimum Gasteiger partial charge on any atom is -0.325 e. The third-order valence-electron chi connectivity index (χ3n) is 3.21. The number of rotatable bonds is 2. The summed E-state index contributed by atoms with van der Waals surface area (Å²) in [6, 6.07) is 6.08. The molecule has 1 saturated carbocycles. The minimum absolute atomic E-state index is 0.193. The van der Waals surface area contributed by atoms with E-state index in [0.29, 0.717) is 0 Å². The van der Waals surface area contributed by atoms with Crippen molar-refractivity contribution >= 4 is 11.6 Å². The Labute approximate surface area is 90.7 Å². The maximum atomic E-state index is 11.8. The van der Waals surface area contributed by atoms with Gasteiger partial charge in [0, 0.05) is 11.6 Å². The molecule has 0 spiro atoms. The van der Waals surface area contributed by atoms with E-state index in [1.165, 1.54) is 6.42 Å². The first-order chi connectivity index (χ1) is 7.18. The molecule has 0 radical (unpaired) electrons. The molecule has 2 rings (SSSR count). The van der Waals surface area contributed by atoms with Gasteiger partial charge in [-0.25, -0.2) is 0 Å². The number of aryl methyl sites for hydroxylation is 2. The summed E-state index contributed by atoms with van der Waals surface area (Å²) in [7, 11) is 0. The Kier molecular flexibility index (Phi) is 2.76. The Balaban J connectivity index is 2.12. The van der Waals surface area contributed by atoms with Gasteiger partial charge in [-0.05, 0) is 37.8 Å². The number of carbonyl (C=O) groups excluding carboxylic acids is 1. The number of nitrogens with one attached hydrogen (secondary N) is 1. The molecule has 0 aromatic heterocycles. The SMILES string of the molecule is Cc1cccc(C)c1NC(=O)C1CCC1. The van der Waals surface area contributed by atoms with Crippen LogP contribution in [0, 0.1) is 19.8 Å². The fourth-order valence-corrected chi connectivity index (χ4v) is 1.91. The van der Waals surface area contributed by atoms with Gasteiger partial charge in [-0.1, -0.05) is 24.6 Å². The molecular formula is C13H17NO. The van der Waals surface area contributed by atoms with E-state index in [4.69, 9.17) is 0 Å². The number of benzene rings is 1. The van der Waals surface area contributed by atoms with Crippen LogP contribution in [0.3, 0.4) is 0 Å². The minimum atomic E-state index is 0.193. The highest BCUT2D eigenvalue weighted by Gasteiger charge is 2.25. The molecule has 0 bridgehead atoms. The lowest BCUT2D eigenvalue weighted by Crippen LogP contribution is -2.28. The molecule has 2 heteroatoms. The Hall–Kier alpha value is -1.31. The van der Waals surface area contributed by atoms with Crippen LogP contribution >= 0.6 is 0 Å². The van der Waals surface area contributed by atoms with Crippen LogP contribution in [-0.2, 0) is 4.79 Å². The monoisotopic (exact) mass is 203 g/mol. The van der Waals surface area contributed by atoms with Gasteiger partial charge in [-0.3, -0.25) is 4.79 Å². The normalized spacial score (nSPS) is 15.9. The summed E-state index contributed by atoms with van der Waals surface area (Å²) in [6.07, 6.45) is 3.30. The molecule has 1 aromatic carbocycles. The molecule has 1 fully saturated rings. The Morgan fingerprint density at radius 3 is 2.33 bits per heavy atom. The van der Waals surface area contributed by atoms with Crippen molar-refractivity contribution in [2.24, 2.45) is 5.92 Å². The lowest BCUT2D eigenvalue weighted by Gasteiger charge is -2.25. The smallest absolute Gasteiger partial charge is 0.227 e. The molecule has 1 N–H and O–H groups in total. The van der Waals surface area contributed by atoms with Crippen LogP contribution in [0.1, 0.15) is 30.4 Å². The summed E-state index contributed by atoms with van der Waals surface area (Å²) in [5.41, 5.74) is 3.28. The molecule has 0 aliphatic heterocycles. The van der Waals surface area contributed by atoms with Crippen molar-refractivity contribution in [3.63, 3.8) is 0 Å². The summed E-state index contributed by atoms with van der Waals surface area (Å²) in [6.45, 7) is 4.06. The van der Waals surface area contributed by atoms with E-state index in [1.54, 1.807) is 0 Å². The van der Waals surface area contributed by atoms with Crippen molar-refractivity contribution in [1.29, 1.82) is 0 Å². The predicted molar refractivity (Wildman–Crippen MR) is 61.9 cm³/mol. The fourth-order valence-electron chi connectivity index (χ4n) is 1.91. The predicted octanol–water partition coefficient (Wildman–Crippen LogP) is 3.04. The fraction of sp³-hybridized carbons (Fsp3) is 0.462. The third-order valence-corrected chi connectivity index (χ3v) is 3.21. The van der Waals surface area contributed by atoms with Crippen molar-refractivity contribution in [2.75, 3.05) is 5.32 Å². The molecule has 0 unspecified atom stereocenters. The summed E-state index contributed by atoms with van der Waals surface area (Å²) >= 11 is 0. The highest BCUT2D eigenvalue weighted by atomic mass is 16.1. The summed E-state index contributed by atoms with van der Waals surface area (Å²) < 4.78 is 0. The van der Waals surface area contributed by atoms with E-state index in [-0.39, 0.29) is 11.8 Å². The van der Waals surface area contributed by atoms with E-state index in [9.17, 15) is 4.79 Å². The standard InChI is InChI=1S/C13H17NO/c1-9-5-3-6-10(2)12(9)14-13(15)11-7-4-8-11/h3,5-6,11H,4,7-8H2,1-2H3,(H,14,15). The maximum Gasteiger partial charge on any atom is 0.227 e. The molecule has 1 aliphatic carbocycles.